The highest BCUT2D eigenvalue weighted by molar-refractivity contribution is 6.31. The fourth-order valence-corrected chi connectivity index (χ4v) is 1.87. The maximum Gasteiger partial charge on any atom is 0.227 e. The van der Waals surface area contributed by atoms with Crippen LogP contribution in [0.1, 0.15) is 12.5 Å². The molecule has 0 bridgehead atoms. The van der Waals surface area contributed by atoms with Crippen molar-refractivity contribution in [3.8, 4) is 0 Å². The van der Waals surface area contributed by atoms with Crippen LogP contribution in [0.2, 0.25) is 5.02 Å². The second kappa shape index (κ2) is 7.04. The zero-order valence-electron chi connectivity index (χ0n) is 12.3. The van der Waals surface area contributed by atoms with Crippen molar-refractivity contribution in [2.75, 3.05) is 18.9 Å². The van der Waals surface area contributed by atoms with E-state index in [1.807, 2.05) is 31.0 Å². The molecule has 5 nitrogen and oxygen atoms in total. The molecule has 0 saturated carbocycles. The van der Waals surface area contributed by atoms with Gasteiger partial charge in [-0.05, 0) is 37.6 Å². The van der Waals surface area contributed by atoms with E-state index in [0.717, 1.165) is 23.5 Å². The van der Waals surface area contributed by atoms with Crippen LogP contribution in [0, 0.1) is 6.92 Å². The number of aromatic nitrogens is 2. The van der Waals surface area contributed by atoms with Crippen LogP contribution >= 0.6 is 11.6 Å². The van der Waals surface area contributed by atoms with Crippen molar-refractivity contribution in [3.05, 3.63) is 41.2 Å². The van der Waals surface area contributed by atoms with E-state index in [-0.39, 0.29) is 0 Å². The summed E-state index contributed by atoms with van der Waals surface area (Å²) in [4.78, 5) is 14.8. The van der Waals surface area contributed by atoms with Crippen molar-refractivity contribution in [2.24, 2.45) is 4.99 Å². The Morgan fingerprint density at radius 3 is 2.71 bits per heavy atom. The number of nitrogens with zero attached hydrogens (tertiary/aromatic N) is 4. The molecule has 1 heterocycles. The summed E-state index contributed by atoms with van der Waals surface area (Å²) in [6.45, 7) is 4.95. The summed E-state index contributed by atoms with van der Waals surface area (Å²) in [5.74, 6) is 0.531. The van der Waals surface area contributed by atoms with Crippen LogP contribution in [0.25, 0.3) is 0 Å². The minimum Gasteiger partial charge on any atom is -0.366 e. The molecule has 21 heavy (non-hydrogen) atoms. The molecule has 110 valence electrons. The van der Waals surface area contributed by atoms with Gasteiger partial charge < -0.3 is 10.2 Å². The first-order chi connectivity index (χ1) is 10.1. The van der Waals surface area contributed by atoms with Crippen LogP contribution in [0.5, 0.6) is 0 Å². The molecule has 2 aromatic rings. The second-order valence-electron chi connectivity index (χ2n) is 4.61. The van der Waals surface area contributed by atoms with Gasteiger partial charge in [0.05, 0.1) is 12.0 Å². The van der Waals surface area contributed by atoms with E-state index in [9.17, 15) is 0 Å². The molecule has 0 aliphatic carbocycles. The Bertz CT molecular complexity index is 627. The molecule has 0 aliphatic heterocycles. The molecule has 1 N–H and O–H groups in total. The summed E-state index contributed by atoms with van der Waals surface area (Å²) in [6.07, 6.45) is 5.16. The zero-order valence-corrected chi connectivity index (χ0v) is 13.1. The van der Waals surface area contributed by atoms with E-state index < -0.39 is 0 Å². The summed E-state index contributed by atoms with van der Waals surface area (Å²) < 4.78 is 0. The highest BCUT2D eigenvalue weighted by atomic mass is 35.5. The van der Waals surface area contributed by atoms with Gasteiger partial charge in [-0.25, -0.2) is 15.0 Å². The van der Waals surface area contributed by atoms with E-state index in [0.29, 0.717) is 11.0 Å². The first-order valence-electron chi connectivity index (χ1n) is 6.68. The van der Waals surface area contributed by atoms with Crippen molar-refractivity contribution < 1.29 is 0 Å². The number of benzene rings is 1. The number of anilines is 2. The van der Waals surface area contributed by atoms with Gasteiger partial charge in [0.2, 0.25) is 5.95 Å². The van der Waals surface area contributed by atoms with Crippen LogP contribution in [0.4, 0.5) is 17.3 Å². The minimum atomic E-state index is 0.531. The van der Waals surface area contributed by atoms with Crippen LogP contribution in [-0.4, -0.2) is 34.8 Å². The molecular weight excluding hydrogens is 286 g/mol. The molecule has 0 fully saturated rings. The highest BCUT2D eigenvalue weighted by Crippen LogP contribution is 2.31. The van der Waals surface area contributed by atoms with Gasteiger partial charge in [0.25, 0.3) is 0 Å². The van der Waals surface area contributed by atoms with Gasteiger partial charge in [0, 0.05) is 36.7 Å². The van der Waals surface area contributed by atoms with Crippen LogP contribution in [0.3, 0.4) is 0 Å². The molecule has 0 unspecified atom stereocenters. The molecule has 2 rings (SSSR count). The fraction of sp³-hybridized carbons (Fsp3) is 0.267. The van der Waals surface area contributed by atoms with Crippen LogP contribution in [0.15, 0.2) is 35.6 Å². The summed E-state index contributed by atoms with van der Waals surface area (Å²) >= 11 is 6.17. The van der Waals surface area contributed by atoms with E-state index in [4.69, 9.17) is 11.6 Å². The van der Waals surface area contributed by atoms with Gasteiger partial charge in [0.15, 0.2) is 0 Å². The van der Waals surface area contributed by atoms with Crippen molar-refractivity contribution in [1.82, 2.24) is 14.9 Å². The first kappa shape index (κ1) is 15.3. The average molecular weight is 304 g/mol. The van der Waals surface area contributed by atoms with Gasteiger partial charge >= 0.3 is 0 Å². The lowest BCUT2D eigenvalue weighted by Crippen LogP contribution is -2.14. The van der Waals surface area contributed by atoms with Gasteiger partial charge in [-0.1, -0.05) is 11.6 Å². The SMILES string of the molecule is CCN(C)/C=N\c1cc(Cl)cc(Nc2ncccn2)c1C. The smallest absolute Gasteiger partial charge is 0.227 e. The van der Waals surface area contributed by atoms with E-state index >= 15 is 0 Å². The molecule has 1 aromatic heterocycles. The Kier molecular flexibility index (Phi) is 5.11. The Balaban J connectivity index is 2.30. The summed E-state index contributed by atoms with van der Waals surface area (Å²) in [5.41, 5.74) is 2.66. The Labute approximate surface area is 129 Å². The third kappa shape index (κ3) is 4.16. The summed E-state index contributed by atoms with van der Waals surface area (Å²) in [6, 6.07) is 5.45. The van der Waals surface area contributed by atoms with Crippen LogP contribution in [-0.2, 0) is 0 Å². The largest absolute Gasteiger partial charge is 0.366 e. The van der Waals surface area contributed by atoms with E-state index in [1.54, 1.807) is 24.8 Å². The monoisotopic (exact) mass is 303 g/mol. The lowest BCUT2D eigenvalue weighted by atomic mass is 10.1. The van der Waals surface area contributed by atoms with E-state index in [2.05, 4.69) is 27.2 Å². The fourth-order valence-electron chi connectivity index (χ4n) is 1.66. The number of hydrogen-bond acceptors (Lipinski definition) is 4. The molecule has 6 heteroatoms. The van der Waals surface area contributed by atoms with E-state index in [1.165, 1.54) is 0 Å². The van der Waals surface area contributed by atoms with Crippen molar-refractivity contribution in [1.29, 1.82) is 0 Å². The Morgan fingerprint density at radius 2 is 2.05 bits per heavy atom. The third-order valence-electron chi connectivity index (χ3n) is 3.05. The molecule has 0 atom stereocenters. The minimum absolute atomic E-state index is 0.531. The number of halogens is 1. The average Bonchev–Trinajstić information content (AvgIpc) is 2.49. The normalized spacial score (nSPS) is 10.9. The number of hydrogen-bond donors (Lipinski definition) is 1. The number of aliphatic imine (C=N–C) groups is 1. The Hall–Kier alpha value is -2.14. The van der Waals surface area contributed by atoms with Gasteiger partial charge in [-0.3, -0.25) is 0 Å². The predicted molar refractivity (Wildman–Crippen MR) is 88.0 cm³/mol. The first-order valence-corrected chi connectivity index (χ1v) is 7.06. The second-order valence-corrected chi connectivity index (χ2v) is 5.05. The van der Waals surface area contributed by atoms with Gasteiger partial charge in [0.1, 0.15) is 0 Å². The Morgan fingerprint density at radius 1 is 1.33 bits per heavy atom. The zero-order chi connectivity index (χ0) is 15.2. The van der Waals surface area contributed by atoms with Gasteiger partial charge in [-0.15, -0.1) is 0 Å². The van der Waals surface area contributed by atoms with Crippen LogP contribution < -0.4 is 5.32 Å². The number of rotatable bonds is 5. The predicted octanol–water partition coefficient (Wildman–Crippen LogP) is 3.79. The maximum absolute atomic E-state index is 6.17. The molecule has 0 aliphatic rings. The van der Waals surface area contributed by atoms with Crippen molar-refractivity contribution in [2.45, 2.75) is 13.8 Å². The van der Waals surface area contributed by atoms with Gasteiger partial charge in [-0.2, -0.15) is 0 Å². The quantitative estimate of drug-likeness (QED) is 0.674. The van der Waals surface area contributed by atoms with Crippen molar-refractivity contribution in [3.63, 3.8) is 0 Å². The highest BCUT2D eigenvalue weighted by Gasteiger charge is 2.07. The number of nitrogens with one attached hydrogen (secondary N) is 1. The standard InChI is InChI=1S/C15H18ClN5/c1-4-21(3)10-19-13-8-12(16)9-14(11(13)2)20-15-17-6-5-7-18-15/h5-10H,4H2,1-3H3,(H,17,18,20)/b19-10-. The molecule has 0 saturated heterocycles. The molecule has 1 aromatic carbocycles. The lowest BCUT2D eigenvalue weighted by Gasteiger charge is -2.12. The maximum atomic E-state index is 6.17. The van der Waals surface area contributed by atoms with Crippen molar-refractivity contribution >= 4 is 35.3 Å². The topological polar surface area (TPSA) is 53.4 Å². The summed E-state index contributed by atoms with van der Waals surface area (Å²) in [5, 5.41) is 3.78. The molecule has 0 radical (unpaired) electrons. The molecular formula is C15H18ClN5. The lowest BCUT2D eigenvalue weighted by molar-refractivity contribution is 0.552. The molecule has 0 spiro atoms. The summed E-state index contributed by atoms with van der Waals surface area (Å²) in [7, 11) is 1.97. The molecule has 0 amide bonds. The third-order valence-corrected chi connectivity index (χ3v) is 3.27.